The third kappa shape index (κ3) is 3.72. The van der Waals surface area contributed by atoms with E-state index in [1.807, 2.05) is 24.3 Å². The van der Waals surface area contributed by atoms with Crippen LogP contribution in [0.25, 0.3) is 0 Å². The van der Waals surface area contributed by atoms with Crippen molar-refractivity contribution in [3.05, 3.63) is 24.3 Å². The minimum absolute atomic E-state index is 0.148. The lowest BCUT2D eigenvalue weighted by Crippen LogP contribution is -2.04. The van der Waals surface area contributed by atoms with Crippen molar-refractivity contribution < 1.29 is 19.3 Å². The molecule has 1 aromatic rings. The Balaban J connectivity index is 1.80. The van der Waals surface area contributed by atoms with Crippen molar-refractivity contribution >= 4 is 0 Å². The Bertz CT molecular complexity index is 323. The van der Waals surface area contributed by atoms with Gasteiger partial charge in [-0.25, -0.2) is 0 Å². The van der Waals surface area contributed by atoms with Gasteiger partial charge >= 0.3 is 0 Å². The van der Waals surface area contributed by atoms with Crippen LogP contribution in [0.3, 0.4) is 0 Å². The third-order valence-corrected chi connectivity index (χ3v) is 2.21. The van der Waals surface area contributed by atoms with Gasteiger partial charge in [-0.05, 0) is 12.1 Å². The van der Waals surface area contributed by atoms with Gasteiger partial charge < -0.3 is 19.3 Å². The van der Waals surface area contributed by atoms with Crippen LogP contribution in [0.4, 0.5) is 0 Å². The quantitative estimate of drug-likeness (QED) is 0.559. The topological polar surface area (TPSA) is 51.2 Å². The molecule has 0 aliphatic carbocycles. The van der Waals surface area contributed by atoms with E-state index in [0.29, 0.717) is 19.6 Å². The van der Waals surface area contributed by atoms with Crippen molar-refractivity contribution in [1.82, 2.24) is 0 Å². The fourth-order valence-corrected chi connectivity index (χ4v) is 1.26. The Labute approximate surface area is 94.8 Å². The summed E-state index contributed by atoms with van der Waals surface area (Å²) in [7, 11) is 0. The van der Waals surface area contributed by atoms with Crippen molar-refractivity contribution in [2.45, 2.75) is 12.5 Å². The average Bonchev–Trinajstić information content (AvgIpc) is 3.11. The molecule has 2 rings (SSSR count). The Morgan fingerprint density at radius 1 is 1.31 bits per heavy atom. The first kappa shape index (κ1) is 11.2. The lowest BCUT2D eigenvalue weighted by Gasteiger charge is -2.08. The molecule has 1 N–H and O–H groups in total. The largest absolute Gasteiger partial charge is 0.493 e. The molecule has 0 saturated carbocycles. The number of hydrogen-bond donors (Lipinski definition) is 1. The summed E-state index contributed by atoms with van der Waals surface area (Å²) in [5.41, 5.74) is 0. The van der Waals surface area contributed by atoms with Gasteiger partial charge in [-0.3, -0.25) is 0 Å². The Morgan fingerprint density at radius 2 is 2.06 bits per heavy atom. The number of rotatable bonds is 7. The summed E-state index contributed by atoms with van der Waals surface area (Å²) in [4.78, 5) is 0. The molecule has 16 heavy (non-hydrogen) atoms. The van der Waals surface area contributed by atoms with Crippen LogP contribution < -0.4 is 9.47 Å². The summed E-state index contributed by atoms with van der Waals surface area (Å²) < 4.78 is 16.0. The second-order valence-electron chi connectivity index (χ2n) is 3.67. The van der Waals surface area contributed by atoms with Crippen LogP contribution in [0.5, 0.6) is 11.5 Å². The minimum Gasteiger partial charge on any atom is -0.493 e. The molecule has 4 nitrogen and oxygen atoms in total. The van der Waals surface area contributed by atoms with Gasteiger partial charge in [0.1, 0.15) is 24.2 Å². The highest BCUT2D eigenvalue weighted by Gasteiger charge is 2.22. The van der Waals surface area contributed by atoms with E-state index in [1.165, 1.54) is 0 Å². The maximum atomic E-state index is 8.63. The third-order valence-electron chi connectivity index (χ3n) is 2.21. The monoisotopic (exact) mass is 224 g/mol. The maximum Gasteiger partial charge on any atom is 0.123 e. The molecule has 1 unspecified atom stereocenters. The van der Waals surface area contributed by atoms with E-state index < -0.39 is 0 Å². The summed E-state index contributed by atoms with van der Waals surface area (Å²) in [6.07, 6.45) is 0.903. The van der Waals surface area contributed by atoms with Crippen LogP contribution in [-0.4, -0.2) is 37.6 Å². The van der Waals surface area contributed by atoms with E-state index in [1.54, 1.807) is 0 Å². The van der Waals surface area contributed by atoms with E-state index in [0.717, 1.165) is 18.1 Å². The first-order chi connectivity index (χ1) is 7.88. The van der Waals surface area contributed by atoms with Crippen molar-refractivity contribution in [3.8, 4) is 11.5 Å². The highest BCUT2D eigenvalue weighted by molar-refractivity contribution is 5.32. The highest BCUT2D eigenvalue weighted by atomic mass is 16.6. The van der Waals surface area contributed by atoms with Gasteiger partial charge in [0.2, 0.25) is 0 Å². The number of benzene rings is 1. The van der Waals surface area contributed by atoms with Crippen molar-refractivity contribution in [3.63, 3.8) is 0 Å². The molecule has 1 aliphatic heterocycles. The number of aliphatic hydroxyl groups excluding tert-OH is 1. The molecule has 1 heterocycles. The fourth-order valence-electron chi connectivity index (χ4n) is 1.26. The van der Waals surface area contributed by atoms with Gasteiger partial charge in [-0.2, -0.15) is 0 Å². The zero-order valence-electron chi connectivity index (χ0n) is 9.09. The molecule has 0 spiro atoms. The van der Waals surface area contributed by atoms with Crippen LogP contribution in [0.15, 0.2) is 24.3 Å². The fraction of sp³-hybridized carbons (Fsp3) is 0.500. The van der Waals surface area contributed by atoms with E-state index in [9.17, 15) is 0 Å². The highest BCUT2D eigenvalue weighted by Crippen LogP contribution is 2.21. The minimum atomic E-state index is 0.148. The van der Waals surface area contributed by atoms with Gasteiger partial charge in [0, 0.05) is 19.1 Å². The molecule has 88 valence electrons. The number of aliphatic hydroxyl groups is 1. The summed E-state index contributed by atoms with van der Waals surface area (Å²) in [5.74, 6) is 1.56. The maximum absolute atomic E-state index is 8.63. The van der Waals surface area contributed by atoms with Gasteiger partial charge in [0.05, 0.1) is 13.2 Å². The molecule has 0 aromatic heterocycles. The standard InChI is InChI=1S/C12H16O4/c13-5-2-6-14-10-3-1-4-11(7-10)15-8-12-9-16-12/h1,3-4,7,12-13H,2,5-6,8-9H2. The molecule has 1 fully saturated rings. The zero-order valence-corrected chi connectivity index (χ0v) is 9.09. The SMILES string of the molecule is OCCCOc1cccc(OCC2CO2)c1. The van der Waals surface area contributed by atoms with Crippen molar-refractivity contribution in [2.24, 2.45) is 0 Å². The summed E-state index contributed by atoms with van der Waals surface area (Å²) in [6, 6.07) is 7.50. The smallest absolute Gasteiger partial charge is 0.123 e. The van der Waals surface area contributed by atoms with E-state index >= 15 is 0 Å². The van der Waals surface area contributed by atoms with E-state index in [2.05, 4.69) is 0 Å². The number of ether oxygens (including phenoxy) is 3. The molecular weight excluding hydrogens is 208 g/mol. The van der Waals surface area contributed by atoms with Gasteiger partial charge in [-0.15, -0.1) is 0 Å². The van der Waals surface area contributed by atoms with Crippen LogP contribution in [0, 0.1) is 0 Å². The van der Waals surface area contributed by atoms with E-state index in [-0.39, 0.29) is 12.7 Å². The first-order valence-corrected chi connectivity index (χ1v) is 5.46. The Kier molecular flexibility index (Phi) is 4.02. The van der Waals surface area contributed by atoms with Gasteiger partial charge in [0.25, 0.3) is 0 Å². The van der Waals surface area contributed by atoms with Crippen molar-refractivity contribution in [1.29, 1.82) is 0 Å². The predicted molar refractivity (Wildman–Crippen MR) is 58.9 cm³/mol. The molecule has 0 amide bonds. The van der Waals surface area contributed by atoms with Crippen LogP contribution in [0.1, 0.15) is 6.42 Å². The summed E-state index contributed by atoms with van der Waals surface area (Å²) >= 11 is 0. The molecule has 4 heteroatoms. The summed E-state index contributed by atoms with van der Waals surface area (Å²) in [6.45, 7) is 2.06. The molecule has 1 aliphatic rings. The molecule has 0 radical (unpaired) electrons. The number of epoxide rings is 1. The first-order valence-electron chi connectivity index (χ1n) is 5.46. The Hall–Kier alpha value is -1.26. The lowest BCUT2D eigenvalue weighted by atomic mass is 10.3. The van der Waals surface area contributed by atoms with Gasteiger partial charge in [-0.1, -0.05) is 6.07 Å². The second-order valence-corrected chi connectivity index (χ2v) is 3.67. The predicted octanol–water partition coefficient (Wildman–Crippen LogP) is 1.23. The van der Waals surface area contributed by atoms with Crippen LogP contribution in [0.2, 0.25) is 0 Å². The zero-order chi connectivity index (χ0) is 11.2. The van der Waals surface area contributed by atoms with Crippen molar-refractivity contribution in [2.75, 3.05) is 26.4 Å². The Morgan fingerprint density at radius 3 is 2.75 bits per heavy atom. The second kappa shape index (κ2) is 5.72. The van der Waals surface area contributed by atoms with Crippen LogP contribution >= 0.6 is 0 Å². The molecule has 1 atom stereocenters. The van der Waals surface area contributed by atoms with Crippen LogP contribution in [-0.2, 0) is 4.74 Å². The molecule has 1 aromatic carbocycles. The molecular formula is C12H16O4. The van der Waals surface area contributed by atoms with E-state index in [4.69, 9.17) is 19.3 Å². The molecule has 1 saturated heterocycles. The lowest BCUT2D eigenvalue weighted by molar-refractivity contribution is 0.231. The molecule has 0 bridgehead atoms. The average molecular weight is 224 g/mol. The summed E-state index contributed by atoms with van der Waals surface area (Å²) in [5, 5.41) is 8.63. The van der Waals surface area contributed by atoms with Gasteiger partial charge in [0.15, 0.2) is 0 Å². The normalized spacial score (nSPS) is 18.2. The number of hydrogen-bond acceptors (Lipinski definition) is 4.